The number of ketones is 1. The molecule has 2 N–H and O–H groups in total. The Morgan fingerprint density at radius 1 is 1.03 bits per heavy atom. The molecule has 0 saturated heterocycles. The van der Waals surface area contributed by atoms with Gasteiger partial charge >= 0.3 is 0 Å². The number of hydrogen-bond donors (Lipinski definition) is 1. The van der Waals surface area contributed by atoms with Crippen LogP contribution in [0, 0.1) is 19.7 Å². The molecule has 5 nitrogen and oxygen atoms in total. The molecule has 0 fully saturated rings. The second-order valence-corrected chi connectivity index (χ2v) is 7.96. The number of aryl methyl sites for hydroxylation is 2. The van der Waals surface area contributed by atoms with Crippen LogP contribution >= 0.6 is 0 Å². The molecular formula is C24H21FN4O. The van der Waals surface area contributed by atoms with Gasteiger partial charge in [-0.25, -0.2) is 14.1 Å². The number of pyridine rings is 1. The lowest BCUT2D eigenvalue weighted by Crippen LogP contribution is -2.22. The lowest BCUT2D eigenvalue weighted by atomic mass is 9.81. The number of halogens is 1. The lowest BCUT2D eigenvalue weighted by Gasteiger charge is -2.24. The second-order valence-electron chi connectivity index (χ2n) is 7.96. The van der Waals surface area contributed by atoms with Crippen molar-refractivity contribution in [2.75, 3.05) is 5.73 Å². The van der Waals surface area contributed by atoms with E-state index in [0.29, 0.717) is 35.4 Å². The van der Waals surface area contributed by atoms with Crippen LogP contribution in [0.3, 0.4) is 0 Å². The molecule has 30 heavy (non-hydrogen) atoms. The molecule has 4 aromatic rings. The fourth-order valence-corrected chi connectivity index (χ4v) is 4.32. The summed E-state index contributed by atoms with van der Waals surface area (Å²) in [6, 6.07) is 14.4. The zero-order valence-corrected chi connectivity index (χ0v) is 16.8. The van der Waals surface area contributed by atoms with Crippen LogP contribution in [-0.2, 0) is 6.42 Å². The third-order valence-corrected chi connectivity index (χ3v) is 5.87. The number of carbonyl (C=O) groups is 1. The molecule has 1 aliphatic rings. The molecule has 1 unspecified atom stereocenters. The number of hydrogen-bond acceptors (Lipinski definition) is 4. The van der Waals surface area contributed by atoms with Gasteiger partial charge in [-0.1, -0.05) is 29.8 Å². The van der Waals surface area contributed by atoms with E-state index in [4.69, 9.17) is 10.7 Å². The minimum absolute atomic E-state index is 0.0278. The minimum Gasteiger partial charge on any atom is -0.397 e. The highest BCUT2D eigenvalue weighted by atomic mass is 19.1. The molecule has 0 saturated carbocycles. The van der Waals surface area contributed by atoms with E-state index in [0.717, 1.165) is 27.9 Å². The van der Waals surface area contributed by atoms with Crippen molar-refractivity contribution < 1.29 is 9.18 Å². The van der Waals surface area contributed by atoms with E-state index in [1.54, 1.807) is 16.8 Å². The Bertz CT molecular complexity index is 1290. The lowest BCUT2D eigenvalue weighted by molar-refractivity contribution is 0.0964. The zero-order valence-electron chi connectivity index (χ0n) is 16.8. The fourth-order valence-electron chi connectivity index (χ4n) is 4.32. The molecule has 2 heterocycles. The molecule has 0 amide bonds. The average molecular weight is 400 g/mol. The fraction of sp³-hybridized carbons (Fsp3) is 0.208. The van der Waals surface area contributed by atoms with Gasteiger partial charge in [0.05, 0.1) is 33.7 Å². The Kier molecular flexibility index (Phi) is 4.17. The predicted molar refractivity (Wildman–Crippen MR) is 115 cm³/mol. The number of anilines is 1. The third kappa shape index (κ3) is 2.87. The van der Waals surface area contributed by atoms with Gasteiger partial charge in [-0.2, -0.15) is 5.10 Å². The number of nitrogen functional groups attached to an aromatic ring is 1. The normalized spacial score (nSPS) is 16.1. The van der Waals surface area contributed by atoms with Crippen molar-refractivity contribution >= 4 is 22.5 Å². The van der Waals surface area contributed by atoms with Crippen molar-refractivity contribution in [1.29, 1.82) is 0 Å². The summed E-state index contributed by atoms with van der Waals surface area (Å²) in [6.07, 6.45) is 0.909. The number of nitrogens with two attached hydrogens (primary N) is 1. The summed E-state index contributed by atoms with van der Waals surface area (Å²) in [5.74, 6) is -0.366. The minimum atomic E-state index is -0.289. The molecule has 6 heteroatoms. The maximum atomic E-state index is 13.3. The molecule has 1 aliphatic carbocycles. The molecule has 5 rings (SSSR count). The van der Waals surface area contributed by atoms with Crippen molar-refractivity contribution in [1.82, 2.24) is 14.8 Å². The Balaban J connectivity index is 1.67. The van der Waals surface area contributed by atoms with Gasteiger partial charge in [0.25, 0.3) is 0 Å². The van der Waals surface area contributed by atoms with E-state index in [2.05, 4.69) is 5.10 Å². The van der Waals surface area contributed by atoms with Crippen LogP contribution < -0.4 is 5.73 Å². The topological polar surface area (TPSA) is 73.8 Å². The SMILES string of the molecule is Cc1ccc(-n2nc(C)c3c(N)c4c(nc32)CC(c2ccc(F)cc2)CC4=O)cc1. The number of rotatable bonds is 2. The average Bonchev–Trinajstić information content (AvgIpc) is 3.05. The Morgan fingerprint density at radius 2 is 1.73 bits per heavy atom. The molecule has 0 aliphatic heterocycles. The highest BCUT2D eigenvalue weighted by Crippen LogP contribution is 2.38. The summed E-state index contributed by atoms with van der Waals surface area (Å²) in [4.78, 5) is 17.9. The summed E-state index contributed by atoms with van der Waals surface area (Å²) in [7, 11) is 0. The maximum Gasteiger partial charge on any atom is 0.167 e. The Morgan fingerprint density at radius 3 is 2.43 bits per heavy atom. The number of fused-ring (bicyclic) bond motifs is 2. The van der Waals surface area contributed by atoms with Crippen molar-refractivity contribution in [3.8, 4) is 5.69 Å². The number of Topliss-reactive ketones (excluding diaryl/α,β-unsaturated/α-hetero) is 1. The van der Waals surface area contributed by atoms with E-state index in [9.17, 15) is 9.18 Å². The third-order valence-electron chi connectivity index (χ3n) is 5.87. The summed E-state index contributed by atoms with van der Waals surface area (Å²) >= 11 is 0. The van der Waals surface area contributed by atoms with Gasteiger partial charge in [-0.15, -0.1) is 0 Å². The zero-order chi connectivity index (χ0) is 21.0. The maximum absolute atomic E-state index is 13.3. The molecule has 0 spiro atoms. The van der Waals surface area contributed by atoms with Gasteiger partial charge in [0, 0.05) is 6.42 Å². The summed E-state index contributed by atoms with van der Waals surface area (Å²) < 4.78 is 15.1. The van der Waals surface area contributed by atoms with E-state index >= 15 is 0 Å². The van der Waals surface area contributed by atoms with Crippen LogP contribution in [0.2, 0.25) is 0 Å². The smallest absolute Gasteiger partial charge is 0.167 e. The van der Waals surface area contributed by atoms with Gasteiger partial charge in [0.2, 0.25) is 0 Å². The van der Waals surface area contributed by atoms with Crippen molar-refractivity contribution in [3.05, 3.63) is 82.4 Å². The highest BCUT2D eigenvalue weighted by molar-refractivity contribution is 6.09. The van der Waals surface area contributed by atoms with Crippen molar-refractivity contribution in [3.63, 3.8) is 0 Å². The van der Waals surface area contributed by atoms with Crippen molar-refractivity contribution in [2.45, 2.75) is 32.6 Å². The number of aromatic nitrogens is 3. The first-order chi connectivity index (χ1) is 14.4. The molecule has 0 bridgehead atoms. The first-order valence-electron chi connectivity index (χ1n) is 9.95. The summed E-state index contributed by atoms with van der Waals surface area (Å²) in [6.45, 7) is 3.91. The summed E-state index contributed by atoms with van der Waals surface area (Å²) in [5.41, 5.74) is 12.5. The standard InChI is InChI=1S/C24H21FN4O/c1-13-3-9-18(10-4-13)29-24-21(14(2)28-29)23(26)22-19(27-24)11-16(12-20(22)30)15-5-7-17(25)8-6-15/h3-10,16H,11-12H2,1-2H3,(H2,26,27). The molecular weight excluding hydrogens is 379 g/mol. The van der Waals surface area contributed by atoms with E-state index in [-0.39, 0.29) is 17.5 Å². The van der Waals surface area contributed by atoms with Crippen LogP contribution in [-0.4, -0.2) is 20.5 Å². The Labute approximate surface area is 173 Å². The summed E-state index contributed by atoms with van der Waals surface area (Å²) in [5, 5.41) is 5.38. The molecule has 1 atom stereocenters. The van der Waals surface area contributed by atoms with E-state index in [1.807, 2.05) is 38.1 Å². The highest BCUT2D eigenvalue weighted by Gasteiger charge is 2.31. The van der Waals surface area contributed by atoms with Gasteiger partial charge in [-0.05, 0) is 56.0 Å². The van der Waals surface area contributed by atoms with E-state index < -0.39 is 0 Å². The van der Waals surface area contributed by atoms with Crippen LogP contribution in [0.25, 0.3) is 16.7 Å². The quantitative estimate of drug-likeness (QED) is 0.531. The molecule has 2 aromatic heterocycles. The van der Waals surface area contributed by atoms with E-state index in [1.165, 1.54) is 12.1 Å². The van der Waals surface area contributed by atoms with Gasteiger partial charge in [-0.3, -0.25) is 4.79 Å². The van der Waals surface area contributed by atoms with Gasteiger partial charge in [0.15, 0.2) is 11.4 Å². The number of nitrogens with zero attached hydrogens (tertiary/aromatic N) is 3. The first kappa shape index (κ1) is 18.5. The molecule has 2 aromatic carbocycles. The second kappa shape index (κ2) is 6.76. The van der Waals surface area contributed by atoms with Crippen LogP contribution in [0.1, 0.15) is 45.2 Å². The Hall–Kier alpha value is -3.54. The van der Waals surface area contributed by atoms with Gasteiger partial charge < -0.3 is 5.73 Å². The largest absolute Gasteiger partial charge is 0.397 e. The van der Waals surface area contributed by atoms with Crippen LogP contribution in [0.4, 0.5) is 10.1 Å². The predicted octanol–water partition coefficient (Wildman–Crippen LogP) is 4.67. The van der Waals surface area contributed by atoms with Gasteiger partial charge in [0.1, 0.15) is 5.82 Å². The molecule has 150 valence electrons. The van der Waals surface area contributed by atoms with Crippen molar-refractivity contribution in [2.24, 2.45) is 0 Å². The first-order valence-corrected chi connectivity index (χ1v) is 9.95. The number of benzene rings is 2. The molecule has 0 radical (unpaired) electrons. The monoisotopic (exact) mass is 400 g/mol. The number of carbonyl (C=O) groups excluding carboxylic acids is 1. The van der Waals surface area contributed by atoms with Crippen LogP contribution in [0.15, 0.2) is 48.5 Å². The van der Waals surface area contributed by atoms with Crippen LogP contribution in [0.5, 0.6) is 0 Å².